The van der Waals surface area contributed by atoms with E-state index in [1.54, 1.807) is 13.1 Å². The van der Waals surface area contributed by atoms with E-state index in [4.69, 9.17) is 11.6 Å². The average molecular weight is 307 g/mol. The largest absolute Gasteiger partial charge is 0.305 e. The van der Waals surface area contributed by atoms with Gasteiger partial charge < -0.3 is 4.40 Å². The summed E-state index contributed by atoms with van der Waals surface area (Å²) in [5.74, 6) is 0. The Bertz CT molecular complexity index is 795. The molecule has 3 aromatic heterocycles. The van der Waals surface area contributed by atoms with Gasteiger partial charge in [0.25, 0.3) is 0 Å². The zero-order valence-corrected chi connectivity index (χ0v) is 12.4. The zero-order valence-electron chi connectivity index (χ0n) is 10.9. The first-order valence-corrected chi connectivity index (χ1v) is 7.08. The number of fused-ring (bicyclic) bond motifs is 1. The molecular weight excluding hydrogens is 296 g/mol. The summed E-state index contributed by atoms with van der Waals surface area (Å²) < 4.78 is 1.87. The predicted molar refractivity (Wildman–Crippen MR) is 80.5 cm³/mol. The Morgan fingerprint density at radius 3 is 2.90 bits per heavy atom. The van der Waals surface area contributed by atoms with Crippen LogP contribution in [0.25, 0.3) is 16.2 Å². The molecule has 0 aromatic carbocycles. The maximum absolute atomic E-state index is 10.8. The zero-order chi connectivity index (χ0) is 14.3. The smallest absolute Gasteiger partial charge is 0.215 e. The van der Waals surface area contributed by atoms with Crippen LogP contribution in [0.1, 0.15) is 5.69 Å². The fourth-order valence-corrected chi connectivity index (χ4v) is 3.01. The number of pyridine rings is 1. The number of anilines is 1. The molecule has 0 N–H and O–H groups in total. The summed E-state index contributed by atoms with van der Waals surface area (Å²) in [7, 11) is 1.68. The summed E-state index contributed by atoms with van der Waals surface area (Å²) in [6, 6.07) is 3.67. The lowest BCUT2D eigenvalue weighted by molar-refractivity contribution is -0.107. The van der Waals surface area contributed by atoms with Gasteiger partial charge in [-0.25, -0.2) is 9.97 Å². The molecule has 102 valence electrons. The second kappa shape index (κ2) is 4.88. The number of thiazole rings is 1. The van der Waals surface area contributed by atoms with Crippen LogP contribution in [0.15, 0.2) is 24.5 Å². The molecule has 0 aliphatic heterocycles. The van der Waals surface area contributed by atoms with Gasteiger partial charge in [-0.3, -0.25) is 9.69 Å². The van der Waals surface area contributed by atoms with Gasteiger partial charge in [0.15, 0.2) is 5.13 Å². The molecular formula is C13H11ClN4OS. The molecule has 0 spiro atoms. The molecule has 0 radical (unpaired) electrons. The number of rotatable bonds is 3. The van der Waals surface area contributed by atoms with Crippen LogP contribution in [-0.2, 0) is 4.79 Å². The predicted octanol–water partition coefficient (Wildman–Crippen LogP) is 3.01. The van der Waals surface area contributed by atoms with Crippen LogP contribution in [0.2, 0.25) is 5.02 Å². The van der Waals surface area contributed by atoms with Crippen LogP contribution in [0.5, 0.6) is 0 Å². The van der Waals surface area contributed by atoms with Crippen LogP contribution < -0.4 is 4.90 Å². The van der Waals surface area contributed by atoms with E-state index < -0.39 is 0 Å². The van der Waals surface area contributed by atoms with E-state index in [1.807, 2.05) is 29.8 Å². The quantitative estimate of drug-likeness (QED) is 0.699. The maximum atomic E-state index is 10.8. The minimum absolute atomic E-state index is 0.655. The van der Waals surface area contributed by atoms with Crippen molar-refractivity contribution < 1.29 is 4.79 Å². The third kappa shape index (κ3) is 2.17. The van der Waals surface area contributed by atoms with E-state index in [0.29, 0.717) is 10.2 Å². The molecule has 0 saturated carbocycles. The highest BCUT2D eigenvalue weighted by Crippen LogP contribution is 2.33. The number of aryl methyl sites for hydroxylation is 1. The monoisotopic (exact) mass is 306 g/mol. The molecule has 0 aliphatic rings. The number of amides is 1. The van der Waals surface area contributed by atoms with E-state index >= 15 is 0 Å². The number of nitrogens with zero attached hydrogens (tertiary/aromatic N) is 4. The third-order valence-electron chi connectivity index (χ3n) is 2.89. The average Bonchev–Trinajstić information content (AvgIpc) is 3.00. The maximum Gasteiger partial charge on any atom is 0.215 e. The van der Waals surface area contributed by atoms with Crippen molar-refractivity contribution in [1.82, 2.24) is 14.4 Å². The molecule has 0 fully saturated rings. The SMILES string of the molecule is Cc1nc(N(C)C=O)sc1-c1cn2cc(Cl)ccc2n1. The molecule has 0 atom stereocenters. The standard InChI is InChI=1S/C13H11ClN4OS/c1-8-12(20-13(15-8)17(2)7-19)10-6-18-5-9(14)3-4-11(18)16-10/h3-7H,1-2H3. The lowest BCUT2D eigenvalue weighted by atomic mass is 10.3. The summed E-state index contributed by atoms with van der Waals surface area (Å²) in [6.45, 7) is 1.91. The van der Waals surface area contributed by atoms with Gasteiger partial charge in [-0.2, -0.15) is 0 Å². The molecule has 0 bridgehead atoms. The molecule has 0 unspecified atom stereocenters. The highest BCUT2D eigenvalue weighted by atomic mass is 35.5. The highest BCUT2D eigenvalue weighted by molar-refractivity contribution is 7.19. The van der Waals surface area contributed by atoms with Crippen LogP contribution in [-0.4, -0.2) is 27.8 Å². The van der Waals surface area contributed by atoms with Crippen molar-refractivity contribution in [2.75, 3.05) is 11.9 Å². The van der Waals surface area contributed by atoms with E-state index in [1.165, 1.54) is 16.2 Å². The van der Waals surface area contributed by atoms with Crippen molar-refractivity contribution in [3.63, 3.8) is 0 Å². The lowest BCUT2D eigenvalue weighted by Crippen LogP contribution is -2.12. The second-order valence-corrected chi connectivity index (χ2v) is 5.78. The second-order valence-electron chi connectivity index (χ2n) is 4.37. The van der Waals surface area contributed by atoms with Crippen LogP contribution in [0.3, 0.4) is 0 Å². The van der Waals surface area contributed by atoms with Gasteiger partial charge in [0, 0.05) is 19.4 Å². The van der Waals surface area contributed by atoms with Gasteiger partial charge in [-0.15, -0.1) is 0 Å². The van der Waals surface area contributed by atoms with Gasteiger partial charge in [0.05, 0.1) is 15.6 Å². The summed E-state index contributed by atoms with van der Waals surface area (Å²) in [4.78, 5) is 22.1. The van der Waals surface area contributed by atoms with Crippen molar-refractivity contribution in [3.8, 4) is 10.6 Å². The number of hydrogen-bond donors (Lipinski definition) is 0. The number of hydrogen-bond acceptors (Lipinski definition) is 4. The van der Waals surface area contributed by atoms with Crippen molar-refractivity contribution in [2.45, 2.75) is 6.92 Å². The first kappa shape index (κ1) is 13.1. The molecule has 0 saturated heterocycles. The van der Waals surface area contributed by atoms with Gasteiger partial charge >= 0.3 is 0 Å². The topological polar surface area (TPSA) is 50.5 Å². The molecule has 3 aromatic rings. The fourth-order valence-electron chi connectivity index (χ4n) is 1.89. The molecule has 20 heavy (non-hydrogen) atoms. The summed E-state index contributed by atoms with van der Waals surface area (Å²) in [6.07, 6.45) is 4.46. The normalized spacial score (nSPS) is 10.9. The number of carbonyl (C=O) groups is 1. The first-order chi connectivity index (χ1) is 9.58. The summed E-state index contributed by atoms with van der Waals surface area (Å²) in [5.41, 5.74) is 2.50. The van der Waals surface area contributed by atoms with Crippen molar-refractivity contribution in [3.05, 3.63) is 35.2 Å². The minimum atomic E-state index is 0.655. The summed E-state index contributed by atoms with van der Waals surface area (Å²) in [5, 5.41) is 1.31. The van der Waals surface area contributed by atoms with Crippen molar-refractivity contribution in [1.29, 1.82) is 0 Å². The van der Waals surface area contributed by atoms with E-state index in [-0.39, 0.29) is 0 Å². The molecule has 3 heterocycles. The van der Waals surface area contributed by atoms with Crippen molar-refractivity contribution in [2.24, 2.45) is 0 Å². The lowest BCUT2D eigenvalue weighted by Gasteiger charge is -2.02. The van der Waals surface area contributed by atoms with Gasteiger partial charge in [0.1, 0.15) is 11.3 Å². The number of imidazole rings is 1. The van der Waals surface area contributed by atoms with E-state index in [9.17, 15) is 4.79 Å². The van der Waals surface area contributed by atoms with Gasteiger partial charge in [-0.1, -0.05) is 22.9 Å². The highest BCUT2D eigenvalue weighted by Gasteiger charge is 2.15. The number of halogens is 1. The Morgan fingerprint density at radius 2 is 2.15 bits per heavy atom. The van der Waals surface area contributed by atoms with Crippen LogP contribution >= 0.6 is 22.9 Å². The minimum Gasteiger partial charge on any atom is -0.305 e. The number of carbonyl (C=O) groups excluding carboxylic acids is 1. The van der Waals surface area contributed by atoms with Crippen LogP contribution in [0.4, 0.5) is 5.13 Å². The molecule has 5 nitrogen and oxygen atoms in total. The molecule has 1 amide bonds. The number of aromatic nitrogens is 3. The Hall–Kier alpha value is -1.92. The Balaban J connectivity index is 2.10. The Morgan fingerprint density at radius 1 is 1.35 bits per heavy atom. The first-order valence-electron chi connectivity index (χ1n) is 5.88. The summed E-state index contributed by atoms with van der Waals surface area (Å²) >= 11 is 7.41. The van der Waals surface area contributed by atoms with Gasteiger partial charge in [0.2, 0.25) is 6.41 Å². The van der Waals surface area contributed by atoms with E-state index in [2.05, 4.69) is 9.97 Å². The molecule has 0 aliphatic carbocycles. The third-order valence-corrected chi connectivity index (χ3v) is 4.39. The van der Waals surface area contributed by atoms with E-state index in [0.717, 1.165) is 28.3 Å². The Labute approximate surface area is 124 Å². The van der Waals surface area contributed by atoms with Gasteiger partial charge in [-0.05, 0) is 19.1 Å². The van der Waals surface area contributed by atoms with Crippen LogP contribution in [0, 0.1) is 6.92 Å². The molecule has 3 rings (SSSR count). The molecule has 7 heteroatoms. The van der Waals surface area contributed by atoms with Crippen molar-refractivity contribution >= 4 is 40.1 Å². The fraction of sp³-hybridized carbons (Fsp3) is 0.154. The Kier molecular flexibility index (Phi) is 3.19.